The molecule has 2 atom stereocenters. The Balaban J connectivity index is 1.80. The fourth-order valence-corrected chi connectivity index (χ4v) is 3.03. The minimum atomic E-state index is 0.614. The van der Waals surface area contributed by atoms with Gasteiger partial charge in [-0.15, -0.1) is 0 Å². The molecule has 1 aromatic carbocycles. The van der Waals surface area contributed by atoms with E-state index in [0.29, 0.717) is 5.92 Å². The lowest BCUT2D eigenvalue weighted by Gasteiger charge is -2.27. The molecule has 20 heavy (non-hydrogen) atoms. The van der Waals surface area contributed by atoms with Gasteiger partial charge in [-0.25, -0.2) is 0 Å². The minimum absolute atomic E-state index is 0.614. The van der Waals surface area contributed by atoms with E-state index in [9.17, 15) is 0 Å². The number of unbranched alkanes of at least 4 members (excludes halogenated alkanes) is 1. The van der Waals surface area contributed by atoms with Crippen molar-refractivity contribution in [2.75, 3.05) is 19.7 Å². The molecule has 0 spiro atoms. The van der Waals surface area contributed by atoms with Crippen LogP contribution in [0.15, 0.2) is 24.3 Å². The third-order valence-electron chi connectivity index (χ3n) is 4.45. The predicted octanol–water partition coefficient (Wildman–Crippen LogP) is 4.36. The van der Waals surface area contributed by atoms with Gasteiger partial charge in [0.25, 0.3) is 0 Å². The summed E-state index contributed by atoms with van der Waals surface area (Å²) in [4.78, 5) is 0. The Kier molecular flexibility index (Phi) is 6.38. The highest BCUT2D eigenvalue weighted by Gasteiger charge is 2.20. The number of hydrogen-bond donors (Lipinski definition) is 1. The van der Waals surface area contributed by atoms with Gasteiger partial charge >= 0.3 is 0 Å². The topological polar surface area (TPSA) is 21.3 Å². The van der Waals surface area contributed by atoms with E-state index in [2.05, 4.69) is 43.4 Å². The van der Waals surface area contributed by atoms with Gasteiger partial charge in [-0.1, -0.05) is 51.3 Å². The van der Waals surface area contributed by atoms with E-state index in [1.54, 1.807) is 0 Å². The predicted molar refractivity (Wildman–Crippen MR) is 85.5 cm³/mol. The second-order valence-electron chi connectivity index (χ2n) is 5.95. The molecule has 1 aromatic rings. The highest BCUT2D eigenvalue weighted by molar-refractivity contribution is 5.37. The van der Waals surface area contributed by atoms with E-state index in [4.69, 9.17) is 4.74 Å². The number of fused-ring (bicyclic) bond motifs is 1. The number of nitrogens with one attached hydrogen (secondary N) is 1. The van der Waals surface area contributed by atoms with Crippen molar-refractivity contribution >= 4 is 0 Å². The van der Waals surface area contributed by atoms with E-state index >= 15 is 0 Å². The van der Waals surface area contributed by atoms with E-state index in [1.165, 1.54) is 31.2 Å². The molecule has 0 radical (unpaired) electrons. The Labute approximate surface area is 123 Å². The van der Waals surface area contributed by atoms with E-state index in [1.807, 2.05) is 0 Å². The first-order valence-corrected chi connectivity index (χ1v) is 8.27. The highest BCUT2D eigenvalue weighted by atomic mass is 16.5. The number of para-hydroxylation sites is 1. The summed E-state index contributed by atoms with van der Waals surface area (Å²) in [5, 5.41) is 3.70. The van der Waals surface area contributed by atoms with E-state index in [-0.39, 0.29) is 0 Å². The molecular formula is C18H29NO. The Hall–Kier alpha value is -1.02. The summed E-state index contributed by atoms with van der Waals surface area (Å²) in [5.74, 6) is 2.54. The van der Waals surface area contributed by atoms with Crippen molar-refractivity contribution in [2.45, 2.75) is 51.9 Å². The summed E-state index contributed by atoms with van der Waals surface area (Å²) in [6.45, 7) is 7.69. The summed E-state index contributed by atoms with van der Waals surface area (Å²) in [5.41, 5.74) is 1.38. The quantitative estimate of drug-likeness (QED) is 0.761. The molecule has 112 valence electrons. The standard InChI is InChI=1S/C18H29NO/c1-3-5-8-15(4-2)13-19-14-16-11-12-20-18-10-7-6-9-17(16)18/h6-7,9-10,15-16,19H,3-5,8,11-14H2,1-2H3. The van der Waals surface area contributed by atoms with Crippen molar-refractivity contribution in [2.24, 2.45) is 5.92 Å². The SMILES string of the molecule is CCCCC(CC)CNCC1CCOc2ccccc21. The average Bonchev–Trinajstić information content (AvgIpc) is 2.51. The van der Waals surface area contributed by atoms with Crippen LogP contribution in [-0.2, 0) is 0 Å². The normalized spacial score (nSPS) is 19.2. The molecule has 0 aromatic heterocycles. The van der Waals surface area contributed by atoms with Crippen molar-refractivity contribution in [1.82, 2.24) is 5.32 Å². The van der Waals surface area contributed by atoms with Crippen LogP contribution in [0.5, 0.6) is 5.75 Å². The summed E-state index contributed by atoms with van der Waals surface area (Å²) >= 11 is 0. The molecule has 2 rings (SSSR count). The highest BCUT2D eigenvalue weighted by Crippen LogP contribution is 2.32. The molecule has 2 nitrogen and oxygen atoms in total. The first-order chi connectivity index (χ1) is 9.85. The maximum absolute atomic E-state index is 5.73. The lowest BCUT2D eigenvalue weighted by atomic mass is 9.92. The molecule has 1 aliphatic heterocycles. The Morgan fingerprint density at radius 3 is 2.95 bits per heavy atom. The van der Waals surface area contributed by atoms with Gasteiger partial charge in [-0.05, 0) is 36.9 Å². The molecule has 1 N–H and O–H groups in total. The van der Waals surface area contributed by atoms with Crippen molar-refractivity contribution in [3.8, 4) is 5.75 Å². The van der Waals surface area contributed by atoms with Crippen LogP contribution in [0.1, 0.15) is 57.4 Å². The van der Waals surface area contributed by atoms with Crippen molar-refractivity contribution in [3.63, 3.8) is 0 Å². The van der Waals surface area contributed by atoms with Crippen LogP contribution >= 0.6 is 0 Å². The minimum Gasteiger partial charge on any atom is -0.493 e. The first-order valence-electron chi connectivity index (χ1n) is 8.27. The van der Waals surface area contributed by atoms with Crippen LogP contribution < -0.4 is 10.1 Å². The second kappa shape index (κ2) is 8.31. The molecule has 0 aliphatic carbocycles. The molecule has 0 saturated carbocycles. The third kappa shape index (κ3) is 4.24. The van der Waals surface area contributed by atoms with Gasteiger partial charge in [-0.2, -0.15) is 0 Å². The molecular weight excluding hydrogens is 246 g/mol. The van der Waals surface area contributed by atoms with Gasteiger partial charge in [0.05, 0.1) is 6.61 Å². The maximum atomic E-state index is 5.73. The summed E-state index contributed by atoms with van der Waals surface area (Å²) in [6.07, 6.45) is 6.46. The number of hydrogen-bond acceptors (Lipinski definition) is 2. The van der Waals surface area contributed by atoms with Gasteiger partial charge in [0.15, 0.2) is 0 Å². The van der Waals surface area contributed by atoms with Crippen LogP contribution in [0.4, 0.5) is 0 Å². The van der Waals surface area contributed by atoms with Gasteiger partial charge in [-0.3, -0.25) is 0 Å². The zero-order chi connectivity index (χ0) is 14.2. The molecule has 2 unspecified atom stereocenters. The fourth-order valence-electron chi connectivity index (χ4n) is 3.03. The molecule has 1 heterocycles. The molecule has 0 saturated heterocycles. The van der Waals surface area contributed by atoms with Crippen LogP contribution in [-0.4, -0.2) is 19.7 Å². The molecule has 2 heteroatoms. The maximum Gasteiger partial charge on any atom is 0.122 e. The summed E-state index contributed by atoms with van der Waals surface area (Å²) < 4.78 is 5.73. The lowest BCUT2D eigenvalue weighted by molar-refractivity contribution is 0.263. The monoisotopic (exact) mass is 275 g/mol. The van der Waals surface area contributed by atoms with Crippen molar-refractivity contribution in [1.29, 1.82) is 0 Å². The third-order valence-corrected chi connectivity index (χ3v) is 4.45. The van der Waals surface area contributed by atoms with Gasteiger partial charge in [0.1, 0.15) is 5.75 Å². The van der Waals surface area contributed by atoms with Gasteiger partial charge in [0.2, 0.25) is 0 Å². The van der Waals surface area contributed by atoms with Crippen molar-refractivity contribution in [3.05, 3.63) is 29.8 Å². The zero-order valence-electron chi connectivity index (χ0n) is 13.0. The Morgan fingerprint density at radius 2 is 2.15 bits per heavy atom. The molecule has 0 amide bonds. The first kappa shape index (κ1) is 15.4. The number of rotatable bonds is 8. The van der Waals surface area contributed by atoms with Gasteiger partial charge < -0.3 is 10.1 Å². The van der Waals surface area contributed by atoms with Crippen LogP contribution in [0.3, 0.4) is 0 Å². The summed E-state index contributed by atoms with van der Waals surface area (Å²) in [7, 11) is 0. The molecule has 0 fully saturated rings. The van der Waals surface area contributed by atoms with Gasteiger partial charge in [0, 0.05) is 12.5 Å². The Morgan fingerprint density at radius 1 is 1.30 bits per heavy atom. The lowest BCUT2D eigenvalue weighted by Crippen LogP contribution is -2.29. The fraction of sp³-hybridized carbons (Fsp3) is 0.667. The molecule has 1 aliphatic rings. The second-order valence-corrected chi connectivity index (χ2v) is 5.95. The van der Waals surface area contributed by atoms with Crippen LogP contribution in [0, 0.1) is 5.92 Å². The Bertz CT molecular complexity index is 391. The largest absolute Gasteiger partial charge is 0.493 e. The van der Waals surface area contributed by atoms with Crippen molar-refractivity contribution < 1.29 is 4.74 Å². The smallest absolute Gasteiger partial charge is 0.122 e. The van der Waals surface area contributed by atoms with Crippen LogP contribution in [0.2, 0.25) is 0 Å². The number of benzene rings is 1. The van der Waals surface area contributed by atoms with E-state index in [0.717, 1.165) is 37.8 Å². The number of ether oxygens (including phenoxy) is 1. The zero-order valence-corrected chi connectivity index (χ0v) is 13.0. The van der Waals surface area contributed by atoms with Crippen LogP contribution in [0.25, 0.3) is 0 Å². The molecule has 0 bridgehead atoms. The average molecular weight is 275 g/mol. The summed E-state index contributed by atoms with van der Waals surface area (Å²) in [6, 6.07) is 8.50. The van der Waals surface area contributed by atoms with E-state index < -0.39 is 0 Å².